The van der Waals surface area contributed by atoms with Crippen LogP contribution in [0.2, 0.25) is 0 Å². The zero-order chi connectivity index (χ0) is 18.4. The lowest BCUT2D eigenvalue weighted by Crippen LogP contribution is -2.54. The first-order valence-electron chi connectivity index (χ1n) is 8.72. The molecule has 8 nitrogen and oxygen atoms in total. The Balaban J connectivity index is 1.55. The van der Waals surface area contributed by atoms with Gasteiger partial charge in [0.25, 0.3) is 11.8 Å². The third-order valence-corrected chi connectivity index (χ3v) is 5.12. The second-order valence-electron chi connectivity index (χ2n) is 7.03. The van der Waals surface area contributed by atoms with E-state index in [4.69, 9.17) is 9.84 Å². The fourth-order valence-electron chi connectivity index (χ4n) is 3.49. The van der Waals surface area contributed by atoms with Gasteiger partial charge in [0.15, 0.2) is 12.2 Å². The number of carbonyl (C=O) groups excluding carboxylic acids is 2. The van der Waals surface area contributed by atoms with Crippen LogP contribution in [0.1, 0.15) is 28.8 Å². The number of carboxylic acid groups (broad SMARTS) is 1. The predicted octanol–water partition coefficient (Wildman–Crippen LogP) is 0.230. The van der Waals surface area contributed by atoms with E-state index < -0.39 is 24.1 Å². The summed E-state index contributed by atoms with van der Waals surface area (Å²) in [4.78, 5) is 39.3. The van der Waals surface area contributed by atoms with Gasteiger partial charge in [0.2, 0.25) is 0 Å². The van der Waals surface area contributed by atoms with Crippen molar-refractivity contribution in [2.24, 2.45) is 5.92 Å². The molecule has 0 unspecified atom stereocenters. The van der Waals surface area contributed by atoms with E-state index in [2.05, 4.69) is 0 Å². The highest BCUT2D eigenvalue weighted by Gasteiger charge is 2.40. The summed E-state index contributed by atoms with van der Waals surface area (Å²) in [6.45, 7) is 1.70. The first-order chi connectivity index (χ1) is 12.5. The lowest BCUT2D eigenvalue weighted by molar-refractivity contribution is -0.163. The summed E-state index contributed by atoms with van der Waals surface area (Å²) >= 11 is 0. The van der Waals surface area contributed by atoms with Crippen LogP contribution < -0.4 is 4.90 Å². The number of benzene rings is 1. The number of morpholine rings is 1. The average Bonchev–Trinajstić information content (AvgIpc) is 3.39. The maximum Gasteiger partial charge on any atom is 0.335 e. The zero-order valence-corrected chi connectivity index (χ0v) is 14.1. The summed E-state index contributed by atoms with van der Waals surface area (Å²) < 4.78 is 5.15. The standard InChI is InChI=1S/C18H20N2O6/c21-14(18(24)25)15-17(23)20(5-6-26-15)12-4-3-11-9-19(8-10-1-2-10)16(22)13(11)7-12/h3-4,7,10,14-15,21H,1-2,5-6,8-9H2,(H,24,25)/t14-,15-/m1/s1. The van der Waals surface area contributed by atoms with Gasteiger partial charge in [0.05, 0.1) is 6.61 Å². The Labute approximate surface area is 149 Å². The molecule has 1 saturated carbocycles. The summed E-state index contributed by atoms with van der Waals surface area (Å²) in [5.74, 6) is -1.56. The van der Waals surface area contributed by atoms with Gasteiger partial charge in [0.1, 0.15) is 0 Å². The summed E-state index contributed by atoms with van der Waals surface area (Å²) in [6, 6.07) is 5.26. The summed E-state index contributed by atoms with van der Waals surface area (Å²) in [5, 5.41) is 18.6. The number of nitrogens with zero attached hydrogens (tertiary/aromatic N) is 2. The molecule has 0 bridgehead atoms. The minimum absolute atomic E-state index is 0.0309. The van der Waals surface area contributed by atoms with Gasteiger partial charge in [0, 0.05) is 30.9 Å². The Morgan fingerprint density at radius 1 is 1.31 bits per heavy atom. The number of aliphatic hydroxyl groups is 1. The molecule has 0 radical (unpaired) electrons. The second kappa shape index (κ2) is 6.37. The van der Waals surface area contributed by atoms with Gasteiger partial charge in [-0.25, -0.2) is 4.79 Å². The number of fused-ring (bicyclic) bond motifs is 1. The minimum atomic E-state index is -1.92. The molecule has 4 rings (SSSR count). The van der Waals surface area contributed by atoms with Crippen molar-refractivity contribution in [1.29, 1.82) is 0 Å². The molecule has 2 aliphatic heterocycles. The van der Waals surface area contributed by atoms with Gasteiger partial charge < -0.3 is 24.7 Å². The van der Waals surface area contributed by atoms with Gasteiger partial charge in [-0.15, -0.1) is 0 Å². The van der Waals surface area contributed by atoms with Gasteiger partial charge in [-0.1, -0.05) is 6.07 Å². The predicted molar refractivity (Wildman–Crippen MR) is 89.6 cm³/mol. The number of carbonyl (C=O) groups is 3. The van der Waals surface area contributed by atoms with Crippen molar-refractivity contribution < 1.29 is 29.3 Å². The van der Waals surface area contributed by atoms with E-state index in [1.54, 1.807) is 12.1 Å². The summed E-state index contributed by atoms with van der Waals surface area (Å²) in [7, 11) is 0. The Morgan fingerprint density at radius 3 is 2.77 bits per heavy atom. The van der Waals surface area contributed by atoms with Crippen LogP contribution in [0.3, 0.4) is 0 Å². The third-order valence-electron chi connectivity index (χ3n) is 5.12. The molecular formula is C18H20N2O6. The molecule has 0 spiro atoms. The van der Waals surface area contributed by atoms with E-state index in [1.165, 1.54) is 17.7 Å². The van der Waals surface area contributed by atoms with E-state index in [0.717, 1.165) is 12.1 Å². The Hall–Kier alpha value is -2.45. The summed E-state index contributed by atoms with van der Waals surface area (Å²) in [6.07, 6.45) is -1.03. The smallest absolute Gasteiger partial charge is 0.335 e. The van der Waals surface area contributed by atoms with Crippen molar-refractivity contribution in [1.82, 2.24) is 4.90 Å². The molecule has 138 valence electrons. The van der Waals surface area contributed by atoms with Gasteiger partial charge in [-0.05, 0) is 36.5 Å². The van der Waals surface area contributed by atoms with Crippen LogP contribution in [0.4, 0.5) is 5.69 Å². The molecule has 2 N–H and O–H groups in total. The minimum Gasteiger partial charge on any atom is -0.479 e. The molecule has 1 aromatic rings. The Kier molecular flexibility index (Phi) is 4.16. The molecule has 3 aliphatic rings. The van der Waals surface area contributed by atoms with E-state index in [0.29, 0.717) is 23.7 Å². The lowest BCUT2D eigenvalue weighted by atomic mass is 10.1. The molecule has 8 heteroatoms. The van der Waals surface area contributed by atoms with Gasteiger partial charge in [-0.2, -0.15) is 0 Å². The van der Waals surface area contributed by atoms with Crippen LogP contribution in [0, 0.1) is 5.92 Å². The first kappa shape index (κ1) is 17.0. The van der Waals surface area contributed by atoms with Gasteiger partial charge in [-0.3, -0.25) is 9.59 Å². The maximum absolute atomic E-state index is 12.6. The fourth-order valence-corrected chi connectivity index (χ4v) is 3.49. The highest BCUT2D eigenvalue weighted by molar-refractivity contribution is 6.03. The quantitative estimate of drug-likeness (QED) is 0.778. The molecule has 1 aromatic carbocycles. The van der Waals surface area contributed by atoms with Gasteiger partial charge >= 0.3 is 5.97 Å². The number of amides is 2. The van der Waals surface area contributed by atoms with Crippen LogP contribution in [0.5, 0.6) is 0 Å². The van der Waals surface area contributed by atoms with Crippen LogP contribution in [0.15, 0.2) is 18.2 Å². The topological polar surface area (TPSA) is 107 Å². The van der Waals surface area contributed by atoms with E-state index >= 15 is 0 Å². The molecule has 2 fully saturated rings. The zero-order valence-electron chi connectivity index (χ0n) is 14.1. The normalized spacial score (nSPS) is 24.0. The molecule has 2 heterocycles. The highest BCUT2D eigenvalue weighted by Crippen LogP contribution is 2.34. The number of hydrogen-bond donors (Lipinski definition) is 2. The highest BCUT2D eigenvalue weighted by atomic mass is 16.5. The third kappa shape index (κ3) is 2.95. The molecule has 2 atom stereocenters. The number of anilines is 1. The molecular weight excluding hydrogens is 340 g/mol. The number of hydrogen-bond acceptors (Lipinski definition) is 5. The van der Waals surface area contributed by atoms with Crippen LogP contribution >= 0.6 is 0 Å². The first-order valence-corrected chi connectivity index (χ1v) is 8.72. The second-order valence-corrected chi connectivity index (χ2v) is 7.03. The molecule has 1 aliphatic carbocycles. The van der Waals surface area contributed by atoms with Crippen molar-refractivity contribution in [3.63, 3.8) is 0 Å². The molecule has 26 heavy (non-hydrogen) atoms. The monoisotopic (exact) mass is 360 g/mol. The fraction of sp³-hybridized carbons (Fsp3) is 0.500. The molecule has 0 aromatic heterocycles. The van der Waals surface area contributed by atoms with Crippen molar-refractivity contribution in [2.45, 2.75) is 31.6 Å². The number of ether oxygens (including phenoxy) is 1. The maximum atomic E-state index is 12.6. The number of aliphatic hydroxyl groups excluding tert-OH is 1. The molecule has 1 saturated heterocycles. The number of aliphatic carboxylic acids is 1. The van der Waals surface area contributed by atoms with Crippen LogP contribution in [-0.2, 0) is 20.9 Å². The van der Waals surface area contributed by atoms with Crippen molar-refractivity contribution >= 4 is 23.5 Å². The van der Waals surface area contributed by atoms with E-state index in [1.807, 2.05) is 11.0 Å². The van der Waals surface area contributed by atoms with Crippen molar-refractivity contribution in [3.05, 3.63) is 29.3 Å². The average molecular weight is 360 g/mol. The van der Waals surface area contributed by atoms with E-state index in [-0.39, 0.29) is 19.1 Å². The van der Waals surface area contributed by atoms with Crippen LogP contribution in [0.25, 0.3) is 0 Å². The van der Waals surface area contributed by atoms with Crippen LogP contribution in [-0.4, -0.2) is 64.8 Å². The number of carboxylic acids is 1. The lowest BCUT2D eigenvalue weighted by Gasteiger charge is -2.33. The Bertz CT molecular complexity index is 775. The van der Waals surface area contributed by atoms with Crippen molar-refractivity contribution in [3.8, 4) is 0 Å². The number of rotatable bonds is 5. The van der Waals surface area contributed by atoms with Crippen molar-refractivity contribution in [2.75, 3.05) is 24.6 Å². The largest absolute Gasteiger partial charge is 0.479 e. The summed E-state index contributed by atoms with van der Waals surface area (Å²) in [5.41, 5.74) is 2.03. The Morgan fingerprint density at radius 2 is 2.08 bits per heavy atom. The molecule has 2 amide bonds. The van der Waals surface area contributed by atoms with E-state index in [9.17, 15) is 19.5 Å². The SMILES string of the molecule is O=C(O)[C@H](O)[C@H]1OCCN(c2ccc3c(c2)C(=O)N(CC2CC2)C3)C1=O.